The molecule has 172 valence electrons. The van der Waals surface area contributed by atoms with E-state index >= 15 is 0 Å². The molecule has 1 amide bonds. The van der Waals surface area contributed by atoms with Crippen LogP contribution in [0.3, 0.4) is 0 Å². The Morgan fingerprint density at radius 3 is 2.53 bits per heavy atom. The largest absolute Gasteiger partial charge is 0.395 e. The zero-order valence-electron chi connectivity index (χ0n) is 19.5. The molecular weight excluding hydrogens is 422 g/mol. The van der Waals surface area contributed by atoms with Gasteiger partial charge in [0.25, 0.3) is 0 Å². The van der Waals surface area contributed by atoms with E-state index < -0.39 is 0 Å². The normalized spacial score (nSPS) is 11.7. The zero-order valence-corrected chi connectivity index (χ0v) is 20.3. The molecule has 0 saturated heterocycles. The maximum atomic E-state index is 11.9. The van der Waals surface area contributed by atoms with Crippen molar-refractivity contribution in [3.05, 3.63) is 48.3 Å². The number of anilines is 2. The summed E-state index contributed by atoms with van der Waals surface area (Å²) in [5.74, 6) is 0.970. The zero-order chi connectivity index (χ0) is 23.3. The number of hydrogen-bond acceptors (Lipinski definition) is 6. The number of hydrogen-bond donors (Lipinski definition) is 3. The Kier molecular flexibility index (Phi) is 7.82. The van der Waals surface area contributed by atoms with Crippen LogP contribution in [0.5, 0.6) is 0 Å². The molecule has 0 aliphatic rings. The van der Waals surface area contributed by atoms with Crippen molar-refractivity contribution in [3.63, 3.8) is 0 Å². The van der Waals surface area contributed by atoms with Gasteiger partial charge in [-0.1, -0.05) is 20.8 Å². The monoisotopic (exact) mass is 455 g/mol. The third-order valence-electron chi connectivity index (χ3n) is 5.04. The van der Waals surface area contributed by atoms with Gasteiger partial charge in [0.2, 0.25) is 5.91 Å². The van der Waals surface area contributed by atoms with Crippen LogP contribution in [-0.2, 0) is 16.8 Å². The molecule has 1 aromatic heterocycles. The summed E-state index contributed by atoms with van der Waals surface area (Å²) in [5.41, 5.74) is 3.98. The molecule has 0 saturated carbocycles. The average molecular weight is 456 g/mol. The highest BCUT2D eigenvalue weighted by Crippen LogP contribution is 2.32. The number of carbonyl (C=O) groups excluding carboxylic acids is 1. The maximum absolute atomic E-state index is 11.9. The molecule has 2 aromatic carbocycles. The first-order chi connectivity index (χ1) is 15.2. The van der Waals surface area contributed by atoms with Crippen molar-refractivity contribution in [2.75, 3.05) is 36.4 Å². The molecule has 0 aliphatic heterocycles. The molecule has 3 rings (SSSR count). The second-order valence-electron chi connectivity index (χ2n) is 8.66. The number of carbonyl (C=O) groups is 1. The van der Waals surface area contributed by atoms with E-state index in [1.807, 2.05) is 31.3 Å². The second kappa shape index (κ2) is 10.4. The molecular formula is C24H33N5O2S. The van der Waals surface area contributed by atoms with Crippen molar-refractivity contribution in [1.29, 1.82) is 0 Å². The van der Waals surface area contributed by atoms with Gasteiger partial charge in [-0.05, 0) is 61.3 Å². The van der Waals surface area contributed by atoms with Gasteiger partial charge >= 0.3 is 0 Å². The fourth-order valence-electron chi connectivity index (χ4n) is 3.50. The van der Waals surface area contributed by atoms with Crippen LogP contribution in [0.4, 0.5) is 11.4 Å². The van der Waals surface area contributed by atoms with E-state index in [0.717, 1.165) is 39.7 Å². The SMILES string of the molecule is CCn1c(C(C)(C)C)nc2cc(N(C)Sc3ccc(NC(=O)CNCCO)cc3)ccc21. The average Bonchev–Trinajstić information content (AvgIpc) is 3.13. The number of nitrogens with zero attached hydrogens (tertiary/aromatic N) is 3. The molecule has 0 bridgehead atoms. The minimum absolute atomic E-state index is 0.0118. The lowest BCUT2D eigenvalue weighted by Gasteiger charge is -2.19. The molecule has 32 heavy (non-hydrogen) atoms. The highest BCUT2D eigenvalue weighted by Gasteiger charge is 2.22. The Balaban J connectivity index is 1.69. The summed E-state index contributed by atoms with van der Waals surface area (Å²) in [7, 11) is 2.04. The molecule has 0 spiro atoms. The minimum atomic E-state index is -0.134. The van der Waals surface area contributed by atoms with Gasteiger partial charge < -0.3 is 24.6 Å². The van der Waals surface area contributed by atoms with Gasteiger partial charge in [-0.25, -0.2) is 4.98 Å². The fraction of sp³-hybridized carbons (Fsp3) is 0.417. The van der Waals surface area contributed by atoms with Crippen LogP contribution in [0.1, 0.15) is 33.5 Å². The van der Waals surface area contributed by atoms with Crippen molar-refractivity contribution in [3.8, 4) is 0 Å². The molecule has 0 fully saturated rings. The first-order valence-electron chi connectivity index (χ1n) is 10.9. The lowest BCUT2D eigenvalue weighted by atomic mass is 9.96. The van der Waals surface area contributed by atoms with Gasteiger partial charge in [0.05, 0.1) is 24.2 Å². The van der Waals surface area contributed by atoms with Crippen LogP contribution in [-0.4, -0.2) is 47.3 Å². The van der Waals surface area contributed by atoms with Crippen molar-refractivity contribution in [2.45, 2.75) is 44.6 Å². The number of aryl methyl sites for hydroxylation is 1. The van der Waals surface area contributed by atoms with Crippen molar-refractivity contribution < 1.29 is 9.90 Å². The van der Waals surface area contributed by atoms with E-state index in [0.29, 0.717) is 6.54 Å². The van der Waals surface area contributed by atoms with Crippen molar-refractivity contribution in [1.82, 2.24) is 14.9 Å². The third kappa shape index (κ3) is 5.82. The number of imidazole rings is 1. The van der Waals surface area contributed by atoms with Gasteiger partial charge in [-0.2, -0.15) is 0 Å². The van der Waals surface area contributed by atoms with Crippen LogP contribution in [0.25, 0.3) is 11.0 Å². The third-order valence-corrected chi connectivity index (χ3v) is 6.00. The smallest absolute Gasteiger partial charge is 0.238 e. The number of aliphatic hydroxyl groups is 1. The minimum Gasteiger partial charge on any atom is -0.395 e. The van der Waals surface area contributed by atoms with Gasteiger partial charge in [0.1, 0.15) is 5.82 Å². The molecule has 3 N–H and O–H groups in total. The first-order valence-corrected chi connectivity index (χ1v) is 11.6. The Labute approximate surface area is 194 Å². The Morgan fingerprint density at radius 2 is 1.91 bits per heavy atom. The number of nitrogens with one attached hydrogen (secondary N) is 2. The van der Waals surface area contributed by atoms with Gasteiger partial charge in [-0.15, -0.1) is 0 Å². The van der Waals surface area contributed by atoms with Crippen LogP contribution in [0, 0.1) is 0 Å². The Bertz CT molecular complexity index is 1060. The van der Waals surface area contributed by atoms with Crippen LogP contribution in [0.15, 0.2) is 47.4 Å². The van der Waals surface area contributed by atoms with Gasteiger partial charge in [-0.3, -0.25) is 4.79 Å². The Morgan fingerprint density at radius 1 is 1.19 bits per heavy atom. The van der Waals surface area contributed by atoms with Crippen LogP contribution in [0.2, 0.25) is 0 Å². The van der Waals surface area contributed by atoms with E-state index in [9.17, 15) is 4.79 Å². The van der Waals surface area contributed by atoms with E-state index in [2.05, 4.69) is 65.4 Å². The molecule has 8 heteroatoms. The van der Waals surface area contributed by atoms with Crippen LogP contribution >= 0.6 is 11.9 Å². The van der Waals surface area contributed by atoms with Crippen molar-refractivity contribution >= 4 is 40.3 Å². The molecule has 0 radical (unpaired) electrons. The number of fused-ring (bicyclic) bond motifs is 1. The Hall–Kier alpha value is -2.55. The topological polar surface area (TPSA) is 82.4 Å². The summed E-state index contributed by atoms with van der Waals surface area (Å²) in [5, 5.41) is 14.5. The number of rotatable bonds is 9. The summed E-state index contributed by atoms with van der Waals surface area (Å²) < 4.78 is 4.41. The number of aromatic nitrogens is 2. The first kappa shape index (κ1) is 24.1. The maximum Gasteiger partial charge on any atom is 0.238 e. The molecule has 3 aromatic rings. The van der Waals surface area contributed by atoms with E-state index in [4.69, 9.17) is 10.1 Å². The number of benzene rings is 2. The molecule has 0 unspecified atom stereocenters. The summed E-state index contributed by atoms with van der Waals surface area (Å²) in [6.07, 6.45) is 0. The van der Waals surface area contributed by atoms with Crippen molar-refractivity contribution in [2.24, 2.45) is 0 Å². The molecule has 1 heterocycles. The summed E-state index contributed by atoms with van der Waals surface area (Å²) in [6.45, 7) is 10.2. The van der Waals surface area contributed by atoms with E-state index in [-0.39, 0.29) is 24.5 Å². The molecule has 0 atom stereocenters. The predicted molar refractivity (Wildman–Crippen MR) is 133 cm³/mol. The summed E-state index contributed by atoms with van der Waals surface area (Å²) >= 11 is 1.62. The van der Waals surface area contributed by atoms with E-state index in [1.165, 1.54) is 0 Å². The number of amides is 1. The predicted octanol–water partition coefficient (Wildman–Crippen LogP) is 4.02. The summed E-state index contributed by atoms with van der Waals surface area (Å²) in [6, 6.07) is 14.2. The number of aliphatic hydroxyl groups excluding tert-OH is 1. The van der Waals surface area contributed by atoms with Gasteiger partial charge in [0.15, 0.2) is 0 Å². The standard InChI is InChI=1S/C24H33N5O2S/c1-6-29-21-12-9-18(15-20(21)27-23(29)24(2,3)4)28(5)32-19-10-7-17(8-11-19)26-22(31)16-25-13-14-30/h7-12,15,25,30H,6,13-14,16H2,1-5H3,(H,26,31). The van der Waals surface area contributed by atoms with E-state index in [1.54, 1.807) is 11.9 Å². The fourth-order valence-corrected chi connectivity index (χ4v) is 4.30. The molecule has 0 aliphatic carbocycles. The molecule has 7 nitrogen and oxygen atoms in total. The quantitative estimate of drug-likeness (QED) is 0.334. The lowest BCUT2D eigenvalue weighted by Crippen LogP contribution is -2.29. The van der Waals surface area contributed by atoms with Crippen LogP contribution < -0.4 is 14.9 Å². The van der Waals surface area contributed by atoms with Gasteiger partial charge in [0, 0.05) is 41.8 Å². The summed E-state index contributed by atoms with van der Waals surface area (Å²) in [4.78, 5) is 17.9. The second-order valence-corrected chi connectivity index (χ2v) is 9.87. The highest BCUT2D eigenvalue weighted by atomic mass is 32.2. The lowest BCUT2D eigenvalue weighted by molar-refractivity contribution is -0.115. The highest BCUT2D eigenvalue weighted by molar-refractivity contribution is 8.00.